The lowest BCUT2D eigenvalue weighted by Gasteiger charge is -2.24. The second-order valence-electron chi connectivity index (χ2n) is 9.40. The smallest absolute Gasteiger partial charge is 0.185 e. The van der Waals surface area contributed by atoms with Crippen molar-refractivity contribution in [2.45, 2.75) is 24.6 Å². The first kappa shape index (κ1) is 24.0. The van der Waals surface area contributed by atoms with E-state index >= 15 is 0 Å². The van der Waals surface area contributed by atoms with Gasteiger partial charge in [0, 0.05) is 11.1 Å². The molecule has 0 amide bonds. The van der Waals surface area contributed by atoms with E-state index in [2.05, 4.69) is 0 Å². The maximum Gasteiger partial charge on any atom is 0.185 e. The monoisotopic (exact) mass is 506 g/mol. The molecule has 190 valence electrons. The summed E-state index contributed by atoms with van der Waals surface area (Å²) in [5, 5.41) is 45.1. The van der Waals surface area contributed by atoms with Crippen molar-refractivity contribution in [2.75, 3.05) is 0 Å². The molecule has 1 heterocycles. The van der Waals surface area contributed by atoms with Crippen molar-refractivity contribution in [3.63, 3.8) is 0 Å². The zero-order valence-corrected chi connectivity index (χ0v) is 20.3. The Balaban J connectivity index is 1.39. The molecule has 4 unspecified atom stereocenters. The second-order valence-corrected chi connectivity index (χ2v) is 9.40. The van der Waals surface area contributed by atoms with Gasteiger partial charge in [-0.05, 0) is 52.2 Å². The van der Waals surface area contributed by atoms with Crippen molar-refractivity contribution in [1.82, 2.24) is 0 Å². The summed E-state index contributed by atoms with van der Waals surface area (Å²) in [6.07, 6.45) is -3.38. The Hall–Kier alpha value is -4.36. The summed E-state index contributed by atoms with van der Waals surface area (Å²) in [5.74, 6) is -0.210. The average molecular weight is 507 g/mol. The zero-order valence-electron chi connectivity index (χ0n) is 20.3. The van der Waals surface area contributed by atoms with E-state index in [-0.39, 0.29) is 28.4 Å². The summed E-state index contributed by atoms with van der Waals surface area (Å²) < 4.78 is 12.6. The molecule has 4 atom stereocenters. The van der Waals surface area contributed by atoms with Crippen molar-refractivity contribution in [2.24, 2.45) is 0 Å². The Bertz CT molecular complexity index is 1580. The van der Waals surface area contributed by atoms with Gasteiger partial charge in [-0.2, -0.15) is 0 Å². The number of hydrogen-bond donors (Lipinski definition) is 4. The first-order valence-electron chi connectivity index (χ1n) is 12.4. The molecule has 38 heavy (non-hydrogen) atoms. The highest BCUT2D eigenvalue weighted by Crippen LogP contribution is 2.48. The Kier molecular flexibility index (Phi) is 6.21. The summed E-state index contributed by atoms with van der Waals surface area (Å²) in [7, 11) is 0. The zero-order chi connectivity index (χ0) is 26.2. The molecule has 1 fully saturated rings. The SMILES string of the molecule is Oc1ccc2cc(-c3c(O)ccc(C(O)C4OC(c5ccccc5)OC4c4ccccc4)c3O)ccc2c1. The van der Waals surface area contributed by atoms with Gasteiger partial charge in [-0.3, -0.25) is 0 Å². The van der Waals surface area contributed by atoms with Gasteiger partial charge in [-0.15, -0.1) is 0 Å². The number of hydrogen-bond acceptors (Lipinski definition) is 6. The largest absolute Gasteiger partial charge is 0.508 e. The molecule has 0 radical (unpaired) electrons. The second kappa shape index (κ2) is 9.84. The molecule has 5 aromatic carbocycles. The highest BCUT2D eigenvalue weighted by molar-refractivity contribution is 5.90. The molecule has 1 aliphatic rings. The molecule has 6 nitrogen and oxygen atoms in total. The number of ether oxygens (including phenoxy) is 2. The maximum atomic E-state index is 11.6. The quantitative estimate of drug-likeness (QED) is 0.217. The predicted molar refractivity (Wildman–Crippen MR) is 144 cm³/mol. The van der Waals surface area contributed by atoms with Gasteiger partial charge in [-0.25, -0.2) is 0 Å². The predicted octanol–water partition coefficient (Wildman–Crippen LogP) is 6.51. The summed E-state index contributed by atoms with van der Waals surface area (Å²) in [6, 6.07) is 32.3. The van der Waals surface area contributed by atoms with Crippen LogP contribution in [0.1, 0.15) is 35.2 Å². The topological polar surface area (TPSA) is 99.4 Å². The van der Waals surface area contributed by atoms with Crippen LogP contribution < -0.4 is 0 Å². The Labute approximate surface area is 219 Å². The molecule has 6 heteroatoms. The molecular formula is C32H26O6. The Morgan fingerprint density at radius 1 is 0.632 bits per heavy atom. The number of rotatable bonds is 5. The number of fused-ring (bicyclic) bond motifs is 1. The number of aliphatic hydroxyl groups excluding tert-OH is 1. The lowest BCUT2D eigenvalue weighted by molar-refractivity contribution is -0.0860. The van der Waals surface area contributed by atoms with Crippen LogP contribution in [0.3, 0.4) is 0 Å². The Morgan fingerprint density at radius 2 is 1.29 bits per heavy atom. The van der Waals surface area contributed by atoms with E-state index in [0.717, 1.165) is 21.9 Å². The lowest BCUT2D eigenvalue weighted by atomic mass is 9.91. The van der Waals surface area contributed by atoms with E-state index in [0.29, 0.717) is 5.56 Å². The molecular weight excluding hydrogens is 480 g/mol. The summed E-state index contributed by atoms with van der Waals surface area (Å²) in [5.41, 5.74) is 2.64. The number of aromatic hydroxyl groups is 3. The highest BCUT2D eigenvalue weighted by atomic mass is 16.7. The molecule has 4 N–H and O–H groups in total. The number of phenols is 3. The molecule has 0 aromatic heterocycles. The lowest BCUT2D eigenvalue weighted by Crippen LogP contribution is -2.24. The minimum atomic E-state index is -1.26. The van der Waals surface area contributed by atoms with E-state index in [1.165, 1.54) is 12.1 Å². The average Bonchev–Trinajstić information content (AvgIpc) is 3.40. The van der Waals surface area contributed by atoms with E-state index in [9.17, 15) is 20.4 Å². The van der Waals surface area contributed by atoms with Gasteiger partial charge in [0.25, 0.3) is 0 Å². The maximum absolute atomic E-state index is 11.6. The fourth-order valence-corrected chi connectivity index (χ4v) is 5.06. The summed E-state index contributed by atoms with van der Waals surface area (Å²) in [6.45, 7) is 0. The van der Waals surface area contributed by atoms with Crippen molar-refractivity contribution in [3.05, 3.63) is 126 Å². The third kappa shape index (κ3) is 4.35. The van der Waals surface area contributed by atoms with Crippen LogP contribution in [-0.4, -0.2) is 26.5 Å². The molecule has 1 saturated heterocycles. The van der Waals surface area contributed by atoms with Crippen LogP contribution in [0.4, 0.5) is 0 Å². The minimum absolute atomic E-state index is 0.123. The fraction of sp³-hybridized carbons (Fsp3) is 0.125. The van der Waals surface area contributed by atoms with Crippen molar-refractivity contribution >= 4 is 10.8 Å². The third-order valence-electron chi connectivity index (χ3n) is 6.98. The molecule has 1 aliphatic heterocycles. The van der Waals surface area contributed by atoms with E-state index in [1.54, 1.807) is 30.3 Å². The van der Waals surface area contributed by atoms with Gasteiger partial charge in [0.15, 0.2) is 6.29 Å². The normalized spacial score (nSPS) is 20.0. The van der Waals surface area contributed by atoms with Crippen molar-refractivity contribution < 1.29 is 29.9 Å². The van der Waals surface area contributed by atoms with Crippen LogP contribution in [0.5, 0.6) is 17.2 Å². The fourth-order valence-electron chi connectivity index (χ4n) is 5.06. The van der Waals surface area contributed by atoms with Crippen LogP contribution in [0.25, 0.3) is 21.9 Å². The van der Waals surface area contributed by atoms with Gasteiger partial charge in [-0.1, -0.05) is 78.9 Å². The van der Waals surface area contributed by atoms with Crippen LogP contribution in [0.15, 0.2) is 109 Å². The molecule has 0 saturated carbocycles. The van der Waals surface area contributed by atoms with Crippen molar-refractivity contribution in [1.29, 1.82) is 0 Å². The third-order valence-corrected chi connectivity index (χ3v) is 6.98. The first-order valence-corrected chi connectivity index (χ1v) is 12.4. The van der Waals surface area contributed by atoms with Gasteiger partial charge < -0.3 is 29.9 Å². The van der Waals surface area contributed by atoms with Crippen LogP contribution in [0.2, 0.25) is 0 Å². The Morgan fingerprint density at radius 3 is 2.03 bits per heavy atom. The number of aliphatic hydroxyl groups is 1. The van der Waals surface area contributed by atoms with Crippen molar-refractivity contribution in [3.8, 4) is 28.4 Å². The standard InChI is InChI=1S/C32H26O6/c33-24-14-13-21-17-23(12-11-22(21)18-24)27-26(34)16-15-25(28(27)35)29(36)31-30(19-7-3-1-4-8-19)37-32(38-31)20-9-5-2-6-10-20/h1-18,29-36H. The number of phenolic OH excluding ortho intramolecular Hbond substituents is 3. The van der Waals surface area contributed by atoms with Gasteiger partial charge in [0.2, 0.25) is 0 Å². The van der Waals surface area contributed by atoms with Crippen LogP contribution in [-0.2, 0) is 9.47 Å². The summed E-state index contributed by atoms with van der Waals surface area (Å²) in [4.78, 5) is 0. The molecule has 0 spiro atoms. The molecule has 5 aromatic rings. The molecule has 6 rings (SSSR count). The van der Waals surface area contributed by atoms with Crippen LogP contribution >= 0.6 is 0 Å². The van der Waals surface area contributed by atoms with Gasteiger partial charge >= 0.3 is 0 Å². The van der Waals surface area contributed by atoms with E-state index in [4.69, 9.17) is 9.47 Å². The van der Waals surface area contributed by atoms with E-state index in [1.807, 2.05) is 66.7 Å². The first-order chi connectivity index (χ1) is 18.5. The highest BCUT2D eigenvalue weighted by Gasteiger charge is 2.43. The molecule has 0 aliphatic carbocycles. The summed E-state index contributed by atoms with van der Waals surface area (Å²) >= 11 is 0. The van der Waals surface area contributed by atoms with E-state index < -0.39 is 24.6 Å². The van der Waals surface area contributed by atoms with Gasteiger partial charge in [0.05, 0.1) is 5.56 Å². The molecule has 0 bridgehead atoms. The number of benzene rings is 5. The van der Waals surface area contributed by atoms with Gasteiger partial charge in [0.1, 0.15) is 35.6 Å². The minimum Gasteiger partial charge on any atom is -0.508 e. The van der Waals surface area contributed by atoms with Crippen LogP contribution in [0, 0.1) is 0 Å².